The van der Waals surface area contributed by atoms with Crippen molar-refractivity contribution >= 4 is 5.91 Å². The summed E-state index contributed by atoms with van der Waals surface area (Å²) in [6, 6.07) is 0.391. The number of carbonyl (C=O) groups is 1. The maximum Gasteiger partial charge on any atom is 0.328 e. The summed E-state index contributed by atoms with van der Waals surface area (Å²) in [7, 11) is 1.37. The third-order valence-corrected chi connectivity index (χ3v) is 4.66. The molecule has 1 amide bonds. The van der Waals surface area contributed by atoms with E-state index in [1.54, 1.807) is 6.33 Å². The lowest BCUT2D eigenvalue weighted by Gasteiger charge is -2.24. The second-order valence-electron chi connectivity index (χ2n) is 6.38. The molecule has 2 aromatic heterocycles. The number of nitrogens with one attached hydrogen (secondary N) is 2. The van der Waals surface area contributed by atoms with Crippen molar-refractivity contribution in [1.82, 2.24) is 29.6 Å². The highest BCUT2D eigenvalue weighted by atomic mass is 16.2. The van der Waals surface area contributed by atoms with Crippen molar-refractivity contribution in [2.24, 2.45) is 7.05 Å². The van der Waals surface area contributed by atoms with Gasteiger partial charge in [-0.15, -0.1) is 10.2 Å². The molecule has 0 saturated heterocycles. The van der Waals surface area contributed by atoms with Gasteiger partial charge in [0.15, 0.2) is 5.82 Å². The number of carbonyl (C=O) groups excluding carboxylic acids is 1. The van der Waals surface area contributed by atoms with Crippen LogP contribution in [0.15, 0.2) is 22.1 Å². The molecular weight excluding hydrogens is 324 g/mol. The van der Waals surface area contributed by atoms with Gasteiger partial charge < -0.3 is 14.9 Å². The molecule has 0 aromatic carbocycles. The Morgan fingerprint density at radius 1 is 1.32 bits per heavy atom. The van der Waals surface area contributed by atoms with E-state index in [4.69, 9.17) is 0 Å². The number of hydrogen-bond acceptors (Lipinski definition) is 5. The van der Waals surface area contributed by atoms with Crippen LogP contribution >= 0.6 is 0 Å². The zero-order chi connectivity index (χ0) is 17.8. The first-order valence-corrected chi connectivity index (χ1v) is 8.49. The van der Waals surface area contributed by atoms with Crippen LogP contribution in [0.3, 0.4) is 0 Å². The quantitative estimate of drug-likeness (QED) is 0.793. The Hall–Kier alpha value is -2.71. The Balaban J connectivity index is 1.62. The van der Waals surface area contributed by atoms with E-state index in [0.29, 0.717) is 6.04 Å². The minimum Gasteiger partial charge on any atom is -0.349 e. The van der Waals surface area contributed by atoms with Crippen molar-refractivity contribution in [1.29, 1.82) is 0 Å². The molecule has 2 heterocycles. The van der Waals surface area contributed by atoms with E-state index in [9.17, 15) is 14.4 Å². The highest BCUT2D eigenvalue weighted by Gasteiger charge is 2.19. The molecule has 3 rings (SSSR count). The van der Waals surface area contributed by atoms with E-state index >= 15 is 0 Å². The zero-order valence-corrected chi connectivity index (χ0v) is 14.2. The van der Waals surface area contributed by atoms with Crippen LogP contribution in [0.4, 0.5) is 0 Å². The SMILES string of the molecule is Cn1c(=O)[nH]cc(CC(=O)NCc2nncn2C2CCCCC2)c1=O. The van der Waals surface area contributed by atoms with E-state index < -0.39 is 11.2 Å². The molecule has 1 fully saturated rings. The van der Waals surface area contributed by atoms with Crippen molar-refractivity contribution in [2.45, 2.75) is 51.1 Å². The number of hydrogen-bond donors (Lipinski definition) is 2. The maximum atomic E-state index is 12.1. The topological polar surface area (TPSA) is 115 Å². The van der Waals surface area contributed by atoms with Gasteiger partial charge in [-0.25, -0.2) is 4.79 Å². The van der Waals surface area contributed by atoms with Crippen LogP contribution in [0.2, 0.25) is 0 Å². The predicted molar refractivity (Wildman–Crippen MR) is 90.0 cm³/mol. The number of rotatable bonds is 5. The molecule has 1 aliphatic rings. The number of aromatic amines is 1. The molecular formula is C16H22N6O3. The molecule has 1 saturated carbocycles. The van der Waals surface area contributed by atoms with Gasteiger partial charge in [0, 0.05) is 24.8 Å². The second-order valence-corrected chi connectivity index (χ2v) is 6.38. The van der Waals surface area contributed by atoms with Gasteiger partial charge in [0.1, 0.15) is 6.33 Å². The molecule has 0 bridgehead atoms. The van der Waals surface area contributed by atoms with E-state index in [-0.39, 0.29) is 24.4 Å². The Kier molecular flexibility index (Phi) is 5.11. The van der Waals surface area contributed by atoms with Gasteiger partial charge in [0.05, 0.1) is 13.0 Å². The lowest BCUT2D eigenvalue weighted by atomic mass is 9.95. The van der Waals surface area contributed by atoms with Gasteiger partial charge in [-0.2, -0.15) is 0 Å². The van der Waals surface area contributed by atoms with Crippen molar-refractivity contribution in [3.8, 4) is 0 Å². The first kappa shape index (κ1) is 17.1. The van der Waals surface area contributed by atoms with Gasteiger partial charge in [-0.3, -0.25) is 14.2 Å². The standard InChI is InChI=1S/C16H22N6O3/c1-21-15(24)11(8-18-16(21)25)7-14(23)17-9-13-20-19-10-22(13)12-5-3-2-4-6-12/h8,10,12H,2-7,9H2,1H3,(H,17,23)(H,18,25). The first-order valence-electron chi connectivity index (χ1n) is 8.49. The van der Waals surface area contributed by atoms with Crippen LogP contribution < -0.4 is 16.6 Å². The summed E-state index contributed by atoms with van der Waals surface area (Å²) >= 11 is 0. The van der Waals surface area contributed by atoms with Crippen molar-refractivity contribution in [2.75, 3.05) is 0 Å². The van der Waals surface area contributed by atoms with Gasteiger partial charge >= 0.3 is 5.69 Å². The molecule has 2 N–H and O–H groups in total. The number of amides is 1. The first-order chi connectivity index (χ1) is 12.1. The van der Waals surface area contributed by atoms with Gasteiger partial charge in [0.2, 0.25) is 5.91 Å². The lowest BCUT2D eigenvalue weighted by molar-refractivity contribution is -0.120. The summed E-state index contributed by atoms with van der Waals surface area (Å²) < 4.78 is 2.99. The third kappa shape index (κ3) is 3.86. The normalized spacial score (nSPS) is 15.2. The van der Waals surface area contributed by atoms with Crippen LogP contribution in [0.5, 0.6) is 0 Å². The fraction of sp³-hybridized carbons (Fsp3) is 0.562. The van der Waals surface area contributed by atoms with Crippen molar-refractivity contribution in [3.63, 3.8) is 0 Å². The third-order valence-electron chi connectivity index (χ3n) is 4.66. The summed E-state index contributed by atoms with van der Waals surface area (Å²) in [4.78, 5) is 37.9. The minimum atomic E-state index is -0.505. The predicted octanol–water partition coefficient (Wildman–Crippen LogP) is 0.0292. The van der Waals surface area contributed by atoms with Crippen LogP contribution in [-0.4, -0.2) is 30.2 Å². The van der Waals surface area contributed by atoms with E-state index in [2.05, 4.69) is 20.5 Å². The molecule has 0 radical (unpaired) electrons. The zero-order valence-electron chi connectivity index (χ0n) is 14.2. The van der Waals surface area contributed by atoms with E-state index in [0.717, 1.165) is 23.2 Å². The molecule has 0 aliphatic heterocycles. The fourth-order valence-electron chi connectivity index (χ4n) is 3.21. The van der Waals surface area contributed by atoms with Gasteiger partial charge in [0.25, 0.3) is 5.56 Å². The smallest absolute Gasteiger partial charge is 0.328 e. The highest BCUT2D eigenvalue weighted by molar-refractivity contribution is 5.78. The van der Waals surface area contributed by atoms with Crippen molar-refractivity contribution < 1.29 is 4.79 Å². The molecule has 134 valence electrons. The second kappa shape index (κ2) is 7.45. The Bertz CT molecular complexity index is 859. The Morgan fingerprint density at radius 3 is 2.84 bits per heavy atom. The summed E-state index contributed by atoms with van der Waals surface area (Å²) in [6.07, 6.45) is 8.77. The summed E-state index contributed by atoms with van der Waals surface area (Å²) in [5, 5.41) is 10.8. The number of aromatic nitrogens is 5. The molecule has 1 aliphatic carbocycles. The highest BCUT2D eigenvalue weighted by Crippen LogP contribution is 2.28. The monoisotopic (exact) mass is 346 g/mol. The van der Waals surface area contributed by atoms with Crippen LogP contribution in [0.1, 0.15) is 49.5 Å². The van der Waals surface area contributed by atoms with E-state index in [1.165, 1.54) is 32.5 Å². The average Bonchev–Trinajstić information content (AvgIpc) is 3.10. The summed E-state index contributed by atoms with van der Waals surface area (Å²) in [5.41, 5.74) is -0.729. The lowest BCUT2D eigenvalue weighted by Crippen LogP contribution is -2.36. The van der Waals surface area contributed by atoms with Crippen LogP contribution in [-0.2, 0) is 24.8 Å². The van der Waals surface area contributed by atoms with Crippen molar-refractivity contribution in [3.05, 3.63) is 44.8 Å². The van der Waals surface area contributed by atoms with Gasteiger partial charge in [-0.05, 0) is 12.8 Å². The minimum absolute atomic E-state index is 0.0962. The molecule has 2 aromatic rings. The van der Waals surface area contributed by atoms with Crippen LogP contribution in [0.25, 0.3) is 0 Å². The summed E-state index contributed by atoms with van der Waals surface area (Å²) in [5.74, 6) is 0.414. The maximum absolute atomic E-state index is 12.1. The number of H-pyrrole nitrogens is 1. The fourth-order valence-corrected chi connectivity index (χ4v) is 3.21. The Labute approximate surface area is 144 Å². The molecule has 25 heavy (non-hydrogen) atoms. The van der Waals surface area contributed by atoms with Crippen LogP contribution in [0, 0.1) is 0 Å². The largest absolute Gasteiger partial charge is 0.349 e. The van der Waals surface area contributed by atoms with Gasteiger partial charge in [-0.1, -0.05) is 19.3 Å². The summed E-state index contributed by atoms with van der Waals surface area (Å²) in [6.45, 7) is 0.263. The molecule has 0 atom stereocenters. The average molecular weight is 346 g/mol. The van der Waals surface area contributed by atoms with E-state index in [1.807, 2.05) is 4.57 Å². The molecule has 9 heteroatoms. The molecule has 0 spiro atoms. The molecule has 9 nitrogen and oxygen atoms in total. The Morgan fingerprint density at radius 2 is 2.08 bits per heavy atom. The molecule has 0 unspecified atom stereocenters. The number of nitrogens with zero attached hydrogens (tertiary/aromatic N) is 4.